The monoisotopic (exact) mass is 278 g/mol. The summed E-state index contributed by atoms with van der Waals surface area (Å²) in [6.45, 7) is 7.32. The molecule has 0 spiro atoms. The highest BCUT2D eigenvalue weighted by Gasteiger charge is 2.37. The van der Waals surface area contributed by atoms with Crippen LogP contribution in [0.4, 0.5) is 0 Å². The van der Waals surface area contributed by atoms with E-state index < -0.39 is 5.54 Å². The van der Waals surface area contributed by atoms with Gasteiger partial charge in [-0.1, -0.05) is 6.07 Å². The number of rotatable bonds is 5. The van der Waals surface area contributed by atoms with Gasteiger partial charge in [-0.3, -0.25) is 14.7 Å². The Hall–Kier alpha value is -1.46. The van der Waals surface area contributed by atoms with Crippen molar-refractivity contribution in [1.29, 1.82) is 0 Å². The van der Waals surface area contributed by atoms with Gasteiger partial charge in [-0.25, -0.2) is 0 Å². The first-order valence-corrected chi connectivity index (χ1v) is 7.05. The molecule has 1 fully saturated rings. The molecule has 5 heteroatoms. The largest absolute Gasteiger partial charge is 0.466 e. The lowest BCUT2D eigenvalue weighted by Crippen LogP contribution is -2.50. The lowest BCUT2D eigenvalue weighted by atomic mass is 9.87. The van der Waals surface area contributed by atoms with Crippen LogP contribution >= 0.6 is 0 Å². The van der Waals surface area contributed by atoms with E-state index in [1.807, 2.05) is 25.3 Å². The van der Waals surface area contributed by atoms with Crippen LogP contribution in [0.5, 0.6) is 0 Å². The van der Waals surface area contributed by atoms with Crippen LogP contribution in [0.1, 0.15) is 25.8 Å². The number of carbonyl (C=O) groups excluding carboxylic acids is 1. The minimum Gasteiger partial charge on any atom is -0.466 e. The Morgan fingerprint density at radius 2 is 2.25 bits per heavy atom. The first kappa shape index (κ1) is 14.9. The summed E-state index contributed by atoms with van der Waals surface area (Å²) in [5, 5.41) is 0. The fourth-order valence-electron chi connectivity index (χ4n) is 2.63. The van der Waals surface area contributed by atoms with Crippen molar-refractivity contribution in [3.05, 3.63) is 30.1 Å². The summed E-state index contributed by atoms with van der Waals surface area (Å²) >= 11 is 0. The Labute approximate surface area is 119 Å². The molecule has 0 aliphatic carbocycles. The first-order valence-electron chi connectivity index (χ1n) is 7.05. The lowest BCUT2D eigenvalue weighted by Gasteiger charge is -2.43. The van der Waals surface area contributed by atoms with Crippen LogP contribution in [-0.4, -0.2) is 48.8 Å². The quantitative estimate of drug-likeness (QED) is 0.765. The summed E-state index contributed by atoms with van der Waals surface area (Å²) in [7, 11) is 0. The zero-order valence-corrected chi connectivity index (χ0v) is 12.2. The van der Waals surface area contributed by atoms with Crippen molar-refractivity contribution in [1.82, 2.24) is 9.88 Å². The molecule has 5 nitrogen and oxygen atoms in total. The molecule has 1 aliphatic rings. The van der Waals surface area contributed by atoms with Crippen molar-refractivity contribution in [3.8, 4) is 0 Å². The van der Waals surface area contributed by atoms with Crippen LogP contribution in [0.25, 0.3) is 0 Å². The van der Waals surface area contributed by atoms with Crippen molar-refractivity contribution < 1.29 is 14.3 Å². The Bertz CT molecular complexity index is 432. The number of hydrogen-bond acceptors (Lipinski definition) is 5. The predicted octanol–water partition coefficient (Wildman–Crippen LogP) is 1.58. The summed E-state index contributed by atoms with van der Waals surface area (Å²) in [5.74, 6) is -0.176. The minimum atomic E-state index is -0.399. The third-order valence-corrected chi connectivity index (χ3v) is 3.79. The first-order chi connectivity index (χ1) is 9.66. The van der Waals surface area contributed by atoms with Crippen LogP contribution < -0.4 is 0 Å². The van der Waals surface area contributed by atoms with Gasteiger partial charge in [0.15, 0.2) is 0 Å². The van der Waals surface area contributed by atoms with Crippen molar-refractivity contribution in [2.24, 2.45) is 0 Å². The molecule has 0 saturated carbocycles. The number of esters is 1. The van der Waals surface area contributed by atoms with Crippen molar-refractivity contribution in [2.45, 2.75) is 25.8 Å². The van der Waals surface area contributed by atoms with Gasteiger partial charge in [0, 0.05) is 25.5 Å². The number of hydrogen-bond donors (Lipinski definition) is 0. The minimum absolute atomic E-state index is 0.176. The van der Waals surface area contributed by atoms with Gasteiger partial charge in [-0.15, -0.1) is 0 Å². The second kappa shape index (κ2) is 6.81. The maximum absolute atomic E-state index is 12.0. The molecule has 1 aliphatic heterocycles. The fourth-order valence-corrected chi connectivity index (χ4v) is 2.63. The zero-order valence-electron chi connectivity index (χ0n) is 12.2. The number of ether oxygens (including phenoxy) is 2. The molecule has 0 amide bonds. The summed E-state index contributed by atoms with van der Waals surface area (Å²) < 4.78 is 10.5. The molecule has 110 valence electrons. The van der Waals surface area contributed by atoms with E-state index >= 15 is 0 Å². The highest BCUT2D eigenvalue weighted by atomic mass is 16.5. The van der Waals surface area contributed by atoms with E-state index in [4.69, 9.17) is 9.47 Å². The van der Waals surface area contributed by atoms with E-state index in [2.05, 4.69) is 16.8 Å². The molecule has 1 unspecified atom stereocenters. The SMILES string of the molecule is CCOC(=O)CC(C)(c1cccnc1)N1CCOCC1. The van der Waals surface area contributed by atoms with Gasteiger partial charge in [0.2, 0.25) is 0 Å². The Morgan fingerprint density at radius 3 is 2.85 bits per heavy atom. The van der Waals surface area contributed by atoms with Crippen LogP contribution in [0.3, 0.4) is 0 Å². The number of carbonyl (C=O) groups is 1. The van der Waals surface area contributed by atoms with E-state index in [9.17, 15) is 4.79 Å². The molecule has 0 bridgehead atoms. The molecular weight excluding hydrogens is 256 g/mol. The molecule has 1 aromatic heterocycles. The van der Waals surface area contributed by atoms with Gasteiger partial charge in [0.25, 0.3) is 0 Å². The van der Waals surface area contributed by atoms with Crippen molar-refractivity contribution >= 4 is 5.97 Å². The average Bonchev–Trinajstić information content (AvgIpc) is 2.49. The van der Waals surface area contributed by atoms with Crippen LogP contribution in [0.2, 0.25) is 0 Å². The van der Waals surface area contributed by atoms with Gasteiger partial charge in [0.05, 0.1) is 31.8 Å². The summed E-state index contributed by atoms with van der Waals surface area (Å²) in [6.07, 6.45) is 3.90. The number of morpholine rings is 1. The number of aromatic nitrogens is 1. The van der Waals surface area contributed by atoms with Gasteiger partial charge in [0.1, 0.15) is 0 Å². The van der Waals surface area contributed by atoms with E-state index in [0.717, 1.165) is 18.7 Å². The molecule has 0 radical (unpaired) electrons. The maximum atomic E-state index is 12.0. The van der Waals surface area contributed by atoms with Crippen LogP contribution in [0.15, 0.2) is 24.5 Å². The molecule has 20 heavy (non-hydrogen) atoms. The Kier molecular flexibility index (Phi) is 5.09. The van der Waals surface area contributed by atoms with E-state index in [1.165, 1.54) is 0 Å². The summed E-state index contributed by atoms with van der Waals surface area (Å²) in [5.41, 5.74) is 0.638. The van der Waals surface area contributed by atoms with E-state index in [1.54, 1.807) is 6.20 Å². The Balaban J connectivity index is 2.24. The molecule has 1 atom stereocenters. The topological polar surface area (TPSA) is 51.7 Å². The summed E-state index contributed by atoms with van der Waals surface area (Å²) in [4.78, 5) is 18.4. The van der Waals surface area contributed by atoms with Crippen molar-refractivity contribution in [2.75, 3.05) is 32.9 Å². The zero-order chi connectivity index (χ0) is 14.4. The molecular formula is C15H22N2O3. The highest BCUT2D eigenvalue weighted by molar-refractivity contribution is 5.71. The second-order valence-electron chi connectivity index (χ2n) is 5.10. The molecule has 1 saturated heterocycles. The summed E-state index contributed by atoms with van der Waals surface area (Å²) in [6, 6.07) is 3.92. The van der Waals surface area contributed by atoms with Gasteiger partial charge < -0.3 is 9.47 Å². The maximum Gasteiger partial charge on any atom is 0.308 e. The smallest absolute Gasteiger partial charge is 0.308 e. The number of nitrogens with zero attached hydrogens (tertiary/aromatic N) is 2. The normalized spacial score (nSPS) is 19.3. The van der Waals surface area contributed by atoms with Gasteiger partial charge >= 0.3 is 5.97 Å². The molecule has 0 aromatic carbocycles. The third-order valence-electron chi connectivity index (χ3n) is 3.79. The predicted molar refractivity (Wildman–Crippen MR) is 75.2 cm³/mol. The average molecular weight is 278 g/mol. The van der Waals surface area contributed by atoms with Gasteiger partial charge in [-0.2, -0.15) is 0 Å². The lowest BCUT2D eigenvalue weighted by molar-refractivity contribution is -0.147. The molecule has 2 heterocycles. The fraction of sp³-hybridized carbons (Fsp3) is 0.600. The van der Waals surface area contributed by atoms with Crippen LogP contribution in [0, 0.1) is 0 Å². The Morgan fingerprint density at radius 1 is 1.50 bits per heavy atom. The second-order valence-corrected chi connectivity index (χ2v) is 5.10. The molecule has 2 rings (SSSR count). The third kappa shape index (κ3) is 3.35. The van der Waals surface area contributed by atoms with E-state index in [0.29, 0.717) is 26.2 Å². The van der Waals surface area contributed by atoms with Crippen LogP contribution in [-0.2, 0) is 19.8 Å². The van der Waals surface area contributed by atoms with Crippen molar-refractivity contribution in [3.63, 3.8) is 0 Å². The highest BCUT2D eigenvalue weighted by Crippen LogP contribution is 2.32. The van der Waals surface area contributed by atoms with Gasteiger partial charge in [-0.05, 0) is 25.5 Å². The molecule has 0 N–H and O–H groups in total. The number of pyridine rings is 1. The standard InChI is InChI=1S/C15H22N2O3/c1-3-20-14(18)11-15(2,13-5-4-6-16-12-13)17-7-9-19-10-8-17/h4-6,12H,3,7-11H2,1-2H3. The molecule has 1 aromatic rings. The van der Waals surface area contributed by atoms with E-state index in [-0.39, 0.29) is 5.97 Å².